The minimum Gasteiger partial charge on any atom is -0.360 e. The number of benzene rings is 2. The van der Waals surface area contributed by atoms with Crippen LogP contribution in [0.2, 0.25) is 0 Å². The van der Waals surface area contributed by atoms with Gasteiger partial charge in [0.25, 0.3) is 0 Å². The molecule has 0 saturated carbocycles. The summed E-state index contributed by atoms with van der Waals surface area (Å²) in [4.78, 5) is 17.9. The number of nitrogens with zero attached hydrogens (tertiary/aromatic N) is 2. The summed E-state index contributed by atoms with van der Waals surface area (Å²) in [5, 5.41) is 4.76. The number of rotatable bonds is 5. The molecule has 2 aromatic carbocycles. The van der Waals surface area contributed by atoms with E-state index in [4.69, 9.17) is 4.52 Å². The fraction of sp³-hybridized carbons (Fsp3) is 0.143. The zero-order valence-corrected chi connectivity index (χ0v) is 14.5. The minimum absolute atomic E-state index is 0.0309. The first kappa shape index (κ1) is 16.1. The van der Waals surface area contributed by atoms with Crippen LogP contribution in [0.15, 0.2) is 71.4 Å². The maximum atomic E-state index is 12.8. The smallest absolute Gasteiger partial charge is 0.227 e. The van der Waals surface area contributed by atoms with Crippen molar-refractivity contribution in [3.05, 3.63) is 78.2 Å². The Kier molecular flexibility index (Phi) is 4.27. The Morgan fingerprint density at radius 3 is 2.62 bits per heavy atom. The predicted molar refractivity (Wildman–Crippen MR) is 100 cm³/mol. The number of aromatic amines is 1. The van der Waals surface area contributed by atoms with E-state index in [-0.39, 0.29) is 5.91 Å². The third kappa shape index (κ3) is 3.11. The van der Waals surface area contributed by atoms with Gasteiger partial charge < -0.3 is 14.4 Å². The van der Waals surface area contributed by atoms with Crippen LogP contribution in [0.25, 0.3) is 22.2 Å². The first-order chi connectivity index (χ1) is 12.7. The van der Waals surface area contributed by atoms with Crippen molar-refractivity contribution >= 4 is 16.8 Å². The summed E-state index contributed by atoms with van der Waals surface area (Å²) >= 11 is 0. The first-order valence-corrected chi connectivity index (χ1v) is 8.51. The Bertz CT molecular complexity index is 1020. The first-order valence-electron chi connectivity index (χ1n) is 8.51. The fourth-order valence-corrected chi connectivity index (χ4v) is 3.17. The van der Waals surface area contributed by atoms with Gasteiger partial charge >= 0.3 is 0 Å². The molecular formula is C21H19N3O2. The Labute approximate surface area is 151 Å². The lowest BCUT2D eigenvalue weighted by Gasteiger charge is -2.16. The van der Waals surface area contributed by atoms with Gasteiger partial charge in [-0.1, -0.05) is 53.7 Å². The zero-order chi connectivity index (χ0) is 17.9. The molecular weight excluding hydrogens is 326 g/mol. The number of para-hydroxylation sites is 1. The molecule has 0 saturated heterocycles. The molecule has 130 valence electrons. The number of amides is 1. The van der Waals surface area contributed by atoms with Gasteiger partial charge in [0.1, 0.15) is 0 Å². The van der Waals surface area contributed by atoms with Crippen molar-refractivity contribution in [3.63, 3.8) is 0 Å². The number of hydrogen-bond donors (Lipinski definition) is 1. The number of carbonyl (C=O) groups excluding carboxylic acids is 1. The van der Waals surface area contributed by atoms with E-state index in [0.29, 0.717) is 18.7 Å². The van der Waals surface area contributed by atoms with Gasteiger partial charge in [-0.2, -0.15) is 0 Å². The number of fused-ring (bicyclic) bond motifs is 1. The SMILES string of the molecule is CN(Cc1ccno1)C(=O)Cc1c(-c2ccccc2)[nH]c2ccccc12. The molecule has 1 amide bonds. The standard InChI is InChI=1S/C21H19N3O2/c1-24(14-16-11-12-22-26-16)20(25)13-18-17-9-5-6-10-19(17)23-21(18)15-7-3-2-4-8-15/h2-12,23H,13-14H2,1H3. The Balaban J connectivity index is 1.67. The number of aromatic nitrogens is 2. The second kappa shape index (κ2) is 6.88. The van der Waals surface area contributed by atoms with Crippen LogP contribution in [0.3, 0.4) is 0 Å². The lowest BCUT2D eigenvalue weighted by atomic mass is 10.0. The van der Waals surface area contributed by atoms with Crippen molar-refractivity contribution in [2.45, 2.75) is 13.0 Å². The molecule has 4 aromatic rings. The van der Waals surface area contributed by atoms with Gasteiger partial charge in [-0.25, -0.2) is 0 Å². The molecule has 2 heterocycles. The summed E-state index contributed by atoms with van der Waals surface area (Å²) in [5.41, 5.74) is 4.12. The monoisotopic (exact) mass is 345 g/mol. The molecule has 0 radical (unpaired) electrons. The van der Waals surface area contributed by atoms with E-state index >= 15 is 0 Å². The van der Waals surface area contributed by atoms with Gasteiger partial charge in [0, 0.05) is 24.0 Å². The van der Waals surface area contributed by atoms with Crippen LogP contribution in [0, 0.1) is 0 Å². The maximum absolute atomic E-state index is 12.8. The number of nitrogens with one attached hydrogen (secondary N) is 1. The van der Waals surface area contributed by atoms with Crippen molar-refractivity contribution in [1.82, 2.24) is 15.0 Å². The van der Waals surface area contributed by atoms with Crippen molar-refractivity contribution in [2.24, 2.45) is 0 Å². The molecule has 5 heteroatoms. The summed E-state index contributed by atoms with van der Waals surface area (Å²) in [6.45, 7) is 0.405. The molecule has 0 spiro atoms. The van der Waals surface area contributed by atoms with Gasteiger partial charge in [-0.3, -0.25) is 4.79 Å². The van der Waals surface area contributed by atoms with E-state index in [1.807, 2.05) is 36.4 Å². The van der Waals surface area contributed by atoms with E-state index in [2.05, 4.69) is 28.3 Å². The average molecular weight is 345 g/mol. The topological polar surface area (TPSA) is 62.1 Å². The Morgan fingerprint density at radius 2 is 1.85 bits per heavy atom. The average Bonchev–Trinajstić information content (AvgIpc) is 3.30. The van der Waals surface area contributed by atoms with Crippen molar-refractivity contribution in [3.8, 4) is 11.3 Å². The fourth-order valence-electron chi connectivity index (χ4n) is 3.17. The van der Waals surface area contributed by atoms with Crippen molar-refractivity contribution in [2.75, 3.05) is 7.05 Å². The van der Waals surface area contributed by atoms with E-state index in [1.165, 1.54) is 0 Å². The summed E-state index contributed by atoms with van der Waals surface area (Å²) in [5.74, 6) is 0.700. The quantitative estimate of drug-likeness (QED) is 0.594. The zero-order valence-electron chi connectivity index (χ0n) is 14.5. The lowest BCUT2D eigenvalue weighted by Crippen LogP contribution is -2.27. The van der Waals surface area contributed by atoms with Crippen LogP contribution in [0.4, 0.5) is 0 Å². The van der Waals surface area contributed by atoms with Crippen LogP contribution in [0.1, 0.15) is 11.3 Å². The maximum Gasteiger partial charge on any atom is 0.227 e. The number of hydrogen-bond acceptors (Lipinski definition) is 3. The highest BCUT2D eigenvalue weighted by Crippen LogP contribution is 2.31. The highest BCUT2D eigenvalue weighted by Gasteiger charge is 2.19. The van der Waals surface area contributed by atoms with Crippen LogP contribution >= 0.6 is 0 Å². The molecule has 0 aliphatic heterocycles. The normalized spacial score (nSPS) is 11.0. The van der Waals surface area contributed by atoms with Gasteiger partial charge in [0.05, 0.1) is 24.9 Å². The number of likely N-dealkylation sites (N-methyl/N-ethyl adjacent to an activating group) is 1. The molecule has 0 aliphatic carbocycles. The highest BCUT2D eigenvalue weighted by atomic mass is 16.5. The molecule has 4 rings (SSSR count). The molecule has 26 heavy (non-hydrogen) atoms. The highest BCUT2D eigenvalue weighted by molar-refractivity contribution is 5.95. The second-order valence-electron chi connectivity index (χ2n) is 6.30. The van der Waals surface area contributed by atoms with E-state index < -0.39 is 0 Å². The largest absolute Gasteiger partial charge is 0.360 e. The summed E-state index contributed by atoms with van der Waals surface area (Å²) in [6.07, 6.45) is 1.90. The van der Waals surface area contributed by atoms with Gasteiger partial charge in [0.2, 0.25) is 5.91 Å². The predicted octanol–water partition coefficient (Wildman–Crippen LogP) is 4.02. The van der Waals surface area contributed by atoms with Crippen molar-refractivity contribution in [1.29, 1.82) is 0 Å². The van der Waals surface area contributed by atoms with Crippen LogP contribution in [0.5, 0.6) is 0 Å². The molecule has 5 nitrogen and oxygen atoms in total. The summed E-state index contributed by atoms with van der Waals surface area (Å²) in [6, 6.07) is 19.9. The van der Waals surface area contributed by atoms with Gasteiger partial charge in [-0.15, -0.1) is 0 Å². The van der Waals surface area contributed by atoms with Gasteiger partial charge in [-0.05, 0) is 17.2 Å². The minimum atomic E-state index is 0.0309. The summed E-state index contributed by atoms with van der Waals surface area (Å²) in [7, 11) is 1.78. The molecule has 2 aromatic heterocycles. The number of carbonyl (C=O) groups is 1. The third-order valence-corrected chi connectivity index (χ3v) is 4.51. The van der Waals surface area contributed by atoms with Crippen LogP contribution < -0.4 is 0 Å². The van der Waals surface area contributed by atoms with E-state index in [9.17, 15) is 4.79 Å². The van der Waals surface area contributed by atoms with Gasteiger partial charge in [0.15, 0.2) is 5.76 Å². The Hall–Kier alpha value is -3.34. The van der Waals surface area contributed by atoms with Crippen LogP contribution in [-0.4, -0.2) is 28.0 Å². The molecule has 0 aliphatic rings. The van der Waals surface area contributed by atoms with E-state index in [1.54, 1.807) is 24.2 Å². The number of H-pyrrole nitrogens is 1. The second-order valence-corrected chi connectivity index (χ2v) is 6.30. The summed E-state index contributed by atoms with van der Waals surface area (Å²) < 4.78 is 5.10. The lowest BCUT2D eigenvalue weighted by molar-refractivity contribution is -0.129. The van der Waals surface area contributed by atoms with Crippen molar-refractivity contribution < 1.29 is 9.32 Å². The van der Waals surface area contributed by atoms with E-state index in [0.717, 1.165) is 27.7 Å². The molecule has 0 fully saturated rings. The van der Waals surface area contributed by atoms with Crippen LogP contribution in [-0.2, 0) is 17.8 Å². The molecule has 0 bridgehead atoms. The Morgan fingerprint density at radius 1 is 1.08 bits per heavy atom. The molecule has 0 atom stereocenters. The molecule has 1 N–H and O–H groups in total. The molecule has 0 unspecified atom stereocenters. The third-order valence-electron chi connectivity index (χ3n) is 4.51.